The molecule has 2 aliphatic rings. The van der Waals surface area contributed by atoms with Crippen LogP contribution in [0.2, 0.25) is 0 Å². The molecule has 1 heterocycles. The van der Waals surface area contributed by atoms with Gasteiger partial charge in [-0.1, -0.05) is 0 Å². The third-order valence-corrected chi connectivity index (χ3v) is 4.54. The molecular weight excluding hydrogens is 208 g/mol. The molecule has 3 atom stereocenters. The van der Waals surface area contributed by atoms with Crippen LogP contribution in [0.3, 0.4) is 0 Å². The average molecular weight is 228 g/mol. The molecule has 0 radical (unpaired) electrons. The monoisotopic (exact) mass is 228 g/mol. The second-order valence-corrected chi connectivity index (χ2v) is 5.66. The highest BCUT2D eigenvalue weighted by Crippen LogP contribution is 2.28. The molecule has 0 bridgehead atoms. The maximum Gasteiger partial charge on any atom is 0.237 e. The Hall–Kier alpha value is -0.220. The standard InChI is InChI=1S/C11H20N2OS/c1-15-9-5-4-8(7-9)13-11(14)10-3-2-6-12-10/h8-10,12H,2-7H2,1H3,(H,13,14)/t8?,9?,10-/m1/s1. The lowest BCUT2D eigenvalue weighted by Gasteiger charge is -2.16. The molecule has 1 amide bonds. The van der Waals surface area contributed by atoms with Crippen molar-refractivity contribution in [2.75, 3.05) is 12.8 Å². The first kappa shape index (κ1) is 11.3. The van der Waals surface area contributed by atoms with Gasteiger partial charge in [-0.3, -0.25) is 4.79 Å². The normalized spacial score (nSPS) is 35.7. The van der Waals surface area contributed by atoms with Gasteiger partial charge in [0.1, 0.15) is 0 Å². The van der Waals surface area contributed by atoms with Crippen molar-refractivity contribution in [3.63, 3.8) is 0 Å². The van der Waals surface area contributed by atoms with Crippen LogP contribution < -0.4 is 10.6 Å². The van der Waals surface area contributed by atoms with Crippen LogP contribution in [0.15, 0.2) is 0 Å². The molecule has 3 nitrogen and oxygen atoms in total. The molecule has 86 valence electrons. The van der Waals surface area contributed by atoms with Crippen molar-refractivity contribution < 1.29 is 4.79 Å². The van der Waals surface area contributed by atoms with Crippen molar-refractivity contribution in [3.8, 4) is 0 Å². The lowest BCUT2D eigenvalue weighted by atomic mass is 10.2. The molecule has 15 heavy (non-hydrogen) atoms. The molecule has 1 saturated heterocycles. The first-order valence-corrected chi connectivity index (χ1v) is 7.15. The van der Waals surface area contributed by atoms with E-state index >= 15 is 0 Å². The van der Waals surface area contributed by atoms with E-state index in [0.29, 0.717) is 6.04 Å². The predicted octanol–water partition coefficient (Wildman–Crippen LogP) is 1.14. The summed E-state index contributed by atoms with van der Waals surface area (Å²) in [7, 11) is 0. The van der Waals surface area contributed by atoms with E-state index in [1.54, 1.807) is 0 Å². The summed E-state index contributed by atoms with van der Waals surface area (Å²) in [5.74, 6) is 0.222. The molecule has 2 unspecified atom stereocenters. The Morgan fingerprint density at radius 3 is 2.87 bits per heavy atom. The van der Waals surface area contributed by atoms with Gasteiger partial charge >= 0.3 is 0 Å². The second kappa shape index (κ2) is 5.21. The van der Waals surface area contributed by atoms with E-state index < -0.39 is 0 Å². The van der Waals surface area contributed by atoms with E-state index in [1.165, 1.54) is 6.42 Å². The highest BCUT2D eigenvalue weighted by Gasteiger charge is 2.28. The molecule has 0 aromatic heterocycles. The summed E-state index contributed by atoms with van der Waals surface area (Å²) >= 11 is 1.93. The summed E-state index contributed by atoms with van der Waals surface area (Å²) in [6.07, 6.45) is 7.86. The van der Waals surface area contributed by atoms with Gasteiger partial charge in [0.2, 0.25) is 5.91 Å². The van der Waals surface area contributed by atoms with Crippen molar-refractivity contribution in [2.24, 2.45) is 0 Å². The van der Waals surface area contributed by atoms with Crippen LogP contribution in [0.5, 0.6) is 0 Å². The summed E-state index contributed by atoms with van der Waals surface area (Å²) in [5.41, 5.74) is 0. The maximum absolute atomic E-state index is 11.8. The van der Waals surface area contributed by atoms with Crippen LogP contribution in [0.25, 0.3) is 0 Å². The zero-order valence-corrected chi connectivity index (χ0v) is 10.1. The van der Waals surface area contributed by atoms with Crippen molar-refractivity contribution in [2.45, 2.75) is 49.4 Å². The Kier molecular flexibility index (Phi) is 3.92. The highest BCUT2D eigenvalue weighted by molar-refractivity contribution is 7.99. The Balaban J connectivity index is 1.74. The Bertz CT molecular complexity index is 229. The average Bonchev–Trinajstić information content (AvgIpc) is 2.87. The van der Waals surface area contributed by atoms with Crippen molar-refractivity contribution in [1.29, 1.82) is 0 Å². The van der Waals surface area contributed by atoms with Crippen LogP contribution in [0.4, 0.5) is 0 Å². The Morgan fingerprint density at radius 2 is 2.27 bits per heavy atom. The van der Waals surface area contributed by atoms with Crippen LogP contribution in [-0.2, 0) is 4.79 Å². The molecule has 2 rings (SSSR count). The van der Waals surface area contributed by atoms with Crippen LogP contribution in [0.1, 0.15) is 32.1 Å². The van der Waals surface area contributed by atoms with Gasteiger partial charge in [-0.25, -0.2) is 0 Å². The van der Waals surface area contributed by atoms with E-state index in [4.69, 9.17) is 0 Å². The number of thioether (sulfide) groups is 1. The fraction of sp³-hybridized carbons (Fsp3) is 0.909. The summed E-state index contributed by atoms with van der Waals surface area (Å²) in [5, 5.41) is 7.16. The van der Waals surface area contributed by atoms with Gasteiger partial charge < -0.3 is 10.6 Å². The van der Waals surface area contributed by atoms with E-state index in [9.17, 15) is 4.79 Å². The van der Waals surface area contributed by atoms with E-state index in [1.807, 2.05) is 11.8 Å². The fourth-order valence-electron chi connectivity index (χ4n) is 2.50. The number of hydrogen-bond acceptors (Lipinski definition) is 3. The SMILES string of the molecule is CSC1CCC(NC(=O)[C@H]2CCCN2)C1. The second-order valence-electron chi connectivity index (χ2n) is 4.53. The molecule has 1 aliphatic carbocycles. The third kappa shape index (κ3) is 2.88. The smallest absolute Gasteiger partial charge is 0.237 e. The number of hydrogen-bond donors (Lipinski definition) is 2. The molecule has 2 N–H and O–H groups in total. The quantitative estimate of drug-likeness (QED) is 0.761. The van der Waals surface area contributed by atoms with Crippen molar-refractivity contribution in [3.05, 3.63) is 0 Å². The molecule has 2 fully saturated rings. The summed E-state index contributed by atoms with van der Waals surface area (Å²) < 4.78 is 0. The van der Waals surface area contributed by atoms with Gasteiger partial charge in [0.05, 0.1) is 6.04 Å². The minimum atomic E-state index is 0.0818. The molecule has 1 aliphatic heterocycles. The predicted molar refractivity (Wildman–Crippen MR) is 64.1 cm³/mol. The number of carbonyl (C=O) groups is 1. The summed E-state index contributed by atoms with van der Waals surface area (Å²) in [4.78, 5) is 11.8. The number of amides is 1. The van der Waals surface area contributed by atoms with Crippen LogP contribution in [-0.4, -0.2) is 36.0 Å². The first-order chi connectivity index (χ1) is 7.29. The zero-order valence-electron chi connectivity index (χ0n) is 9.29. The minimum Gasteiger partial charge on any atom is -0.352 e. The van der Waals surface area contributed by atoms with E-state index in [-0.39, 0.29) is 11.9 Å². The van der Waals surface area contributed by atoms with Crippen LogP contribution >= 0.6 is 11.8 Å². The summed E-state index contributed by atoms with van der Waals surface area (Å²) in [6, 6.07) is 0.510. The van der Waals surface area contributed by atoms with Gasteiger partial charge in [0.15, 0.2) is 0 Å². The minimum absolute atomic E-state index is 0.0818. The van der Waals surface area contributed by atoms with Gasteiger partial charge in [-0.15, -0.1) is 0 Å². The number of nitrogens with one attached hydrogen (secondary N) is 2. The Morgan fingerprint density at radius 1 is 1.40 bits per heavy atom. The Labute approximate surface area is 95.8 Å². The summed E-state index contributed by atoms with van der Waals surface area (Å²) in [6.45, 7) is 0.996. The van der Waals surface area contributed by atoms with Crippen molar-refractivity contribution >= 4 is 17.7 Å². The largest absolute Gasteiger partial charge is 0.352 e. The number of carbonyl (C=O) groups excluding carboxylic acids is 1. The van der Waals surface area contributed by atoms with E-state index in [0.717, 1.165) is 37.5 Å². The van der Waals surface area contributed by atoms with E-state index in [2.05, 4.69) is 16.9 Å². The highest BCUT2D eigenvalue weighted by atomic mass is 32.2. The molecule has 0 aromatic rings. The lowest BCUT2D eigenvalue weighted by Crippen LogP contribution is -2.44. The molecule has 1 saturated carbocycles. The van der Waals surface area contributed by atoms with Gasteiger partial charge in [-0.2, -0.15) is 11.8 Å². The topological polar surface area (TPSA) is 41.1 Å². The molecule has 0 aromatic carbocycles. The maximum atomic E-state index is 11.8. The molecular formula is C11H20N2OS. The fourth-order valence-corrected chi connectivity index (χ4v) is 3.29. The molecule has 0 spiro atoms. The van der Waals surface area contributed by atoms with Gasteiger partial charge in [0.25, 0.3) is 0 Å². The lowest BCUT2D eigenvalue weighted by molar-refractivity contribution is -0.123. The zero-order chi connectivity index (χ0) is 10.7. The van der Waals surface area contributed by atoms with Gasteiger partial charge in [-0.05, 0) is 44.9 Å². The first-order valence-electron chi connectivity index (χ1n) is 5.86. The third-order valence-electron chi connectivity index (χ3n) is 3.44. The molecule has 4 heteroatoms. The number of rotatable bonds is 3. The van der Waals surface area contributed by atoms with Crippen molar-refractivity contribution in [1.82, 2.24) is 10.6 Å². The van der Waals surface area contributed by atoms with Crippen LogP contribution in [0, 0.1) is 0 Å². The van der Waals surface area contributed by atoms with Gasteiger partial charge in [0, 0.05) is 11.3 Å².